The minimum atomic E-state index is -0.252. The van der Waals surface area contributed by atoms with E-state index in [2.05, 4.69) is 19.2 Å². The zero-order valence-electron chi connectivity index (χ0n) is 9.13. The molecule has 0 aromatic heterocycles. The lowest BCUT2D eigenvalue weighted by atomic mass is 10.0. The Balaban J connectivity index is 3.90. The van der Waals surface area contributed by atoms with Crippen LogP contribution in [-0.2, 0) is 4.79 Å². The number of hydrogen-bond donors (Lipinski definition) is 2. The van der Waals surface area contributed by atoms with Crippen LogP contribution in [0.3, 0.4) is 0 Å². The van der Waals surface area contributed by atoms with Gasteiger partial charge in [0.15, 0.2) is 0 Å². The lowest BCUT2D eigenvalue weighted by molar-refractivity contribution is -0.121. The van der Waals surface area contributed by atoms with Gasteiger partial charge in [-0.05, 0) is 18.4 Å². The largest absolute Gasteiger partial charge is 0.368 e. The van der Waals surface area contributed by atoms with Crippen molar-refractivity contribution in [2.45, 2.75) is 40.2 Å². The third-order valence-corrected chi connectivity index (χ3v) is 2.36. The summed E-state index contributed by atoms with van der Waals surface area (Å²) < 4.78 is 0. The first-order valence-electron chi connectivity index (χ1n) is 5.01. The predicted octanol–water partition coefficient (Wildman–Crippen LogP) is 1.13. The fraction of sp³-hybridized carbons (Fsp3) is 0.900. The van der Waals surface area contributed by atoms with E-state index in [1.165, 1.54) is 0 Å². The summed E-state index contributed by atoms with van der Waals surface area (Å²) in [4.78, 5) is 11.0. The Morgan fingerprint density at radius 3 is 2.23 bits per heavy atom. The molecule has 0 fully saturated rings. The van der Waals surface area contributed by atoms with Crippen molar-refractivity contribution < 1.29 is 4.79 Å². The SMILES string of the molecule is CCC(C)CNC(C(N)=O)C(C)C. The summed E-state index contributed by atoms with van der Waals surface area (Å²) in [6, 6.07) is -0.186. The third-order valence-electron chi connectivity index (χ3n) is 2.36. The molecule has 0 aromatic carbocycles. The van der Waals surface area contributed by atoms with Gasteiger partial charge in [0.25, 0.3) is 0 Å². The molecule has 0 heterocycles. The van der Waals surface area contributed by atoms with Crippen molar-refractivity contribution in [3.05, 3.63) is 0 Å². The first-order valence-corrected chi connectivity index (χ1v) is 5.01. The van der Waals surface area contributed by atoms with Crippen LogP contribution in [0.5, 0.6) is 0 Å². The molecule has 0 aliphatic heterocycles. The Bertz CT molecular complexity index is 157. The summed E-state index contributed by atoms with van der Waals surface area (Å²) in [7, 11) is 0. The Labute approximate surface area is 81.1 Å². The van der Waals surface area contributed by atoms with Gasteiger partial charge < -0.3 is 11.1 Å². The van der Waals surface area contributed by atoms with Gasteiger partial charge in [-0.2, -0.15) is 0 Å². The van der Waals surface area contributed by atoms with Crippen LogP contribution in [0.4, 0.5) is 0 Å². The fourth-order valence-electron chi connectivity index (χ4n) is 1.14. The van der Waals surface area contributed by atoms with Gasteiger partial charge in [-0.1, -0.05) is 34.1 Å². The van der Waals surface area contributed by atoms with Crippen LogP contribution in [0.15, 0.2) is 0 Å². The standard InChI is InChI=1S/C10H22N2O/c1-5-8(4)6-12-9(7(2)3)10(11)13/h7-9,12H,5-6H2,1-4H3,(H2,11,13). The second kappa shape index (κ2) is 5.97. The monoisotopic (exact) mass is 186 g/mol. The van der Waals surface area contributed by atoms with E-state index >= 15 is 0 Å². The molecule has 1 amide bonds. The molecule has 78 valence electrons. The number of primary amides is 1. The van der Waals surface area contributed by atoms with Crippen molar-refractivity contribution in [2.75, 3.05) is 6.54 Å². The molecule has 0 saturated heterocycles. The van der Waals surface area contributed by atoms with Crippen molar-refractivity contribution in [1.29, 1.82) is 0 Å². The Morgan fingerprint density at radius 1 is 1.38 bits per heavy atom. The highest BCUT2D eigenvalue weighted by Crippen LogP contribution is 2.03. The average Bonchev–Trinajstić information content (AvgIpc) is 2.03. The molecule has 0 rings (SSSR count). The lowest BCUT2D eigenvalue weighted by Gasteiger charge is -2.20. The minimum Gasteiger partial charge on any atom is -0.368 e. The number of carbonyl (C=O) groups excluding carboxylic acids is 1. The maximum Gasteiger partial charge on any atom is 0.234 e. The number of amides is 1. The molecule has 0 bridgehead atoms. The zero-order chi connectivity index (χ0) is 10.4. The van der Waals surface area contributed by atoms with Crippen molar-refractivity contribution in [1.82, 2.24) is 5.32 Å². The van der Waals surface area contributed by atoms with Crippen LogP contribution in [0.2, 0.25) is 0 Å². The van der Waals surface area contributed by atoms with Crippen molar-refractivity contribution >= 4 is 5.91 Å². The molecule has 3 heteroatoms. The van der Waals surface area contributed by atoms with Crippen LogP contribution in [0.25, 0.3) is 0 Å². The number of rotatable bonds is 6. The topological polar surface area (TPSA) is 55.1 Å². The summed E-state index contributed by atoms with van der Waals surface area (Å²) in [5.74, 6) is 0.612. The van der Waals surface area contributed by atoms with Crippen molar-refractivity contribution in [3.8, 4) is 0 Å². The summed E-state index contributed by atoms with van der Waals surface area (Å²) in [6.07, 6.45) is 1.12. The summed E-state index contributed by atoms with van der Waals surface area (Å²) >= 11 is 0. The molecule has 3 nitrogen and oxygen atoms in total. The van der Waals surface area contributed by atoms with Crippen LogP contribution >= 0.6 is 0 Å². The van der Waals surface area contributed by atoms with Crippen molar-refractivity contribution in [2.24, 2.45) is 17.6 Å². The quantitative estimate of drug-likeness (QED) is 0.653. The highest BCUT2D eigenvalue weighted by molar-refractivity contribution is 5.80. The van der Waals surface area contributed by atoms with E-state index in [0.29, 0.717) is 5.92 Å². The van der Waals surface area contributed by atoms with Gasteiger partial charge in [-0.25, -0.2) is 0 Å². The van der Waals surface area contributed by atoms with E-state index in [1.54, 1.807) is 0 Å². The van der Waals surface area contributed by atoms with Gasteiger partial charge >= 0.3 is 0 Å². The van der Waals surface area contributed by atoms with Crippen LogP contribution < -0.4 is 11.1 Å². The number of nitrogens with two attached hydrogens (primary N) is 1. The summed E-state index contributed by atoms with van der Waals surface area (Å²) in [6.45, 7) is 9.16. The van der Waals surface area contributed by atoms with E-state index in [4.69, 9.17) is 5.73 Å². The van der Waals surface area contributed by atoms with Gasteiger partial charge in [0.1, 0.15) is 0 Å². The average molecular weight is 186 g/mol. The Morgan fingerprint density at radius 2 is 1.92 bits per heavy atom. The molecule has 0 spiro atoms. The van der Waals surface area contributed by atoms with Crippen molar-refractivity contribution in [3.63, 3.8) is 0 Å². The van der Waals surface area contributed by atoms with Crippen LogP contribution in [-0.4, -0.2) is 18.5 Å². The molecule has 0 aromatic rings. The number of hydrogen-bond acceptors (Lipinski definition) is 2. The second-order valence-corrected chi connectivity index (χ2v) is 4.05. The number of carbonyl (C=O) groups is 1. The lowest BCUT2D eigenvalue weighted by Crippen LogP contribution is -2.46. The van der Waals surface area contributed by atoms with Gasteiger partial charge in [0.05, 0.1) is 6.04 Å². The predicted molar refractivity (Wildman–Crippen MR) is 55.3 cm³/mol. The highest BCUT2D eigenvalue weighted by atomic mass is 16.1. The fourth-order valence-corrected chi connectivity index (χ4v) is 1.14. The summed E-state index contributed by atoms with van der Waals surface area (Å²) in [5, 5.41) is 3.19. The zero-order valence-corrected chi connectivity index (χ0v) is 9.13. The van der Waals surface area contributed by atoms with Gasteiger partial charge in [0.2, 0.25) is 5.91 Å². The first-order chi connectivity index (χ1) is 5.99. The number of nitrogens with one attached hydrogen (secondary N) is 1. The van der Waals surface area contributed by atoms with E-state index in [9.17, 15) is 4.79 Å². The molecule has 0 aliphatic rings. The normalized spacial score (nSPS) is 15.8. The highest BCUT2D eigenvalue weighted by Gasteiger charge is 2.18. The van der Waals surface area contributed by atoms with Gasteiger partial charge in [-0.15, -0.1) is 0 Å². The second-order valence-electron chi connectivity index (χ2n) is 4.05. The third kappa shape index (κ3) is 4.88. The van der Waals surface area contributed by atoms with E-state index in [-0.39, 0.29) is 17.9 Å². The van der Waals surface area contributed by atoms with E-state index in [0.717, 1.165) is 13.0 Å². The maximum absolute atomic E-state index is 11.0. The van der Waals surface area contributed by atoms with Crippen LogP contribution in [0, 0.1) is 11.8 Å². The van der Waals surface area contributed by atoms with E-state index < -0.39 is 0 Å². The minimum absolute atomic E-state index is 0.186. The molecule has 2 unspecified atom stereocenters. The van der Waals surface area contributed by atoms with Crippen LogP contribution in [0.1, 0.15) is 34.1 Å². The molecular weight excluding hydrogens is 164 g/mol. The molecule has 0 saturated carbocycles. The first kappa shape index (κ1) is 12.4. The maximum atomic E-state index is 11.0. The smallest absolute Gasteiger partial charge is 0.234 e. The Hall–Kier alpha value is -0.570. The molecular formula is C10H22N2O. The molecule has 3 N–H and O–H groups in total. The van der Waals surface area contributed by atoms with Gasteiger partial charge in [-0.3, -0.25) is 4.79 Å². The Kier molecular flexibility index (Phi) is 5.71. The van der Waals surface area contributed by atoms with Gasteiger partial charge in [0, 0.05) is 0 Å². The molecule has 2 atom stereocenters. The van der Waals surface area contributed by atoms with E-state index in [1.807, 2.05) is 13.8 Å². The summed E-state index contributed by atoms with van der Waals surface area (Å²) in [5.41, 5.74) is 5.26. The molecule has 13 heavy (non-hydrogen) atoms. The molecule has 0 radical (unpaired) electrons. The molecule has 0 aliphatic carbocycles.